The quantitative estimate of drug-likeness (QED) is 0.888. The van der Waals surface area contributed by atoms with Crippen molar-refractivity contribution in [3.63, 3.8) is 0 Å². The lowest BCUT2D eigenvalue weighted by atomic mass is 10.1. The lowest BCUT2D eigenvalue weighted by molar-refractivity contribution is 0.453. The second-order valence-electron chi connectivity index (χ2n) is 5.65. The minimum atomic E-state index is -3.91. The maximum Gasteiger partial charge on any atom is 0.210 e. The molecule has 0 spiro atoms. The van der Waals surface area contributed by atoms with Crippen LogP contribution in [0.2, 0.25) is 0 Å². The highest BCUT2D eigenvalue weighted by Crippen LogP contribution is 2.37. The Hall–Kier alpha value is -2.01. The summed E-state index contributed by atoms with van der Waals surface area (Å²) in [6.07, 6.45) is 0. The normalized spacial score (nSPS) is 11.7. The van der Waals surface area contributed by atoms with Gasteiger partial charge >= 0.3 is 0 Å². The van der Waals surface area contributed by atoms with Gasteiger partial charge in [0.25, 0.3) is 0 Å². The monoisotopic (exact) mass is 320 g/mol. The van der Waals surface area contributed by atoms with Crippen molar-refractivity contribution in [3.8, 4) is 11.5 Å². The Balaban J connectivity index is 2.80. The van der Waals surface area contributed by atoms with E-state index in [1.165, 1.54) is 12.1 Å². The molecule has 118 valence electrons. The van der Waals surface area contributed by atoms with Crippen molar-refractivity contribution in [2.75, 3.05) is 0 Å². The van der Waals surface area contributed by atoms with E-state index in [0.29, 0.717) is 22.3 Å². The highest BCUT2D eigenvalue weighted by atomic mass is 32.2. The minimum absolute atomic E-state index is 0.0200. The molecule has 2 aromatic carbocycles. The third-order valence-corrected chi connectivity index (χ3v) is 6.17. The van der Waals surface area contributed by atoms with Crippen LogP contribution < -0.4 is 0 Å². The molecule has 0 saturated carbocycles. The van der Waals surface area contributed by atoms with Gasteiger partial charge < -0.3 is 10.2 Å². The number of aryl methyl sites for hydroxylation is 2. The molecule has 0 atom stereocenters. The number of benzene rings is 2. The summed E-state index contributed by atoms with van der Waals surface area (Å²) in [6, 6.07) is 4.60. The van der Waals surface area contributed by atoms with E-state index in [4.69, 9.17) is 0 Å². The Morgan fingerprint density at radius 1 is 0.727 bits per heavy atom. The molecule has 0 unspecified atom stereocenters. The molecule has 2 rings (SSSR count). The van der Waals surface area contributed by atoms with E-state index in [1.807, 2.05) is 0 Å². The third-order valence-electron chi connectivity index (χ3n) is 4.26. The Morgan fingerprint density at radius 2 is 1.27 bits per heavy atom. The van der Waals surface area contributed by atoms with Crippen LogP contribution in [0.15, 0.2) is 28.0 Å². The minimum Gasteiger partial charge on any atom is -0.507 e. The largest absolute Gasteiger partial charge is 0.507 e. The summed E-state index contributed by atoms with van der Waals surface area (Å²) in [7, 11) is -3.91. The molecule has 0 saturated heterocycles. The zero-order valence-electron chi connectivity index (χ0n) is 13.4. The fourth-order valence-corrected chi connectivity index (χ4v) is 4.11. The molecule has 0 aliphatic carbocycles. The summed E-state index contributed by atoms with van der Waals surface area (Å²) in [5.41, 5.74) is 2.98. The van der Waals surface area contributed by atoms with E-state index in [0.717, 1.165) is 5.56 Å². The van der Waals surface area contributed by atoms with Crippen LogP contribution in [0.4, 0.5) is 0 Å². The molecule has 2 N–H and O–H groups in total. The lowest BCUT2D eigenvalue weighted by Gasteiger charge is -2.15. The molecule has 4 nitrogen and oxygen atoms in total. The van der Waals surface area contributed by atoms with Crippen LogP contribution >= 0.6 is 0 Å². The molecule has 2 aromatic rings. The van der Waals surface area contributed by atoms with Crippen molar-refractivity contribution in [2.45, 2.75) is 44.4 Å². The molecule has 22 heavy (non-hydrogen) atoms. The maximum absolute atomic E-state index is 12.9. The summed E-state index contributed by atoms with van der Waals surface area (Å²) < 4.78 is 25.8. The summed E-state index contributed by atoms with van der Waals surface area (Å²) >= 11 is 0. The number of phenols is 2. The fourth-order valence-electron chi connectivity index (χ4n) is 2.39. The van der Waals surface area contributed by atoms with Gasteiger partial charge in [-0.25, -0.2) is 8.42 Å². The van der Waals surface area contributed by atoms with E-state index in [-0.39, 0.29) is 21.3 Å². The first-order valence-corrected chi connectivity index (χ1v) is 8.41. The van der Waals surface area contributed by atoms with Gasteiger partial charge in [-0.3, -0.25) is 0 Å². The van der Waals surface area contributed by atoms with Gasteiger partial charge in [0, 0.05) is 5.56 Å². The van der Waals surface area contributed by atoms with Gasteiger partial charge in [0.2, 0.25) is 9.84 Å². The average Bonchev–Trinajstić information content (AvgIpc) is 2.46. The first-order valence-electron chi connectivity index (χ1n) is 6.93. The van der Waals surface area contributed by atoms with E-state index < -0.39 is 9.84 Å². The summed E-state index contributed by atoms with van der Waals surface area (Å²) in [4.78, 5) is -0.118. The van der Waals surface area contributed by atoms with Crippen LogP contribution in [-0.2, 0) is 9.84 Å². The highest BCUT2D eigenvalue weighted by molar-refractivity contribution is 7.91. The van der Waals surface area contributed by atoms with E-state index in [2.05, 4.69) is 0 Å². The molecule has 0 fully saturated rings. The Labute approximate surface area is 131 Å². The fraction of sp³-hybridized carbons (Fsp3) is 0.294. The second kappa shape index (κ2) is 5.32. The van der Waals surface area contributed by atoms with Gasteiger partial charge in [-0.05, 0) is 69.0 Å². The number of sulfone groups is 1. The topological polar surface area (TPSA) is 74.6 Å². The molecule has 0 aromatic heterocycles. The molecular weight excluding hydrogens is 300 g/mol. The molecule has 0 heterocycles. The molecule has 0 aliphatic heterocycles. The zero-order chi connectivity index (χ0) is 16.8. The molecule has 5 heteroatoms. The third kappa shape index (κ3) is 2.35. The van der Waals surface area contributed by atoms with E-state index in [1.54, 1.807) is 40.7 Å². The first-order chi connectivity index (χ1) is 10.1. The van der Waals surface area contributed by atoms with Gasteiger partial charge in [0.05, 0.1) is 4.90 Å². The Bertz CT molecular complexity index is 865. The van der Waals surface area contributed by atoms with Crippen molar-refractivity contribution in [2.24, 2.45) is 0 Å². The molecule has 0 amide bonds. The summed E-state index contributed by atoms with van der Waals surface area (Å²) in [5, 5.41) is 20.3. The number of hydrogen-bond acceptors (Lipinski definition) is 4. The average molecular weight is 320 g/mol. The van der Waals surface area contributed by atoms with Crippen molar-refractivity contribution in [1.82, 2.24) is 0 Å². The summed E-state index contributed by atoms with van der Waals surface area (Å²) in [6.45, 7) is 8.52. The van der Waals surface area contributed by atoms with Crippen LogP contribution in [0.3, 0.4) is 0 Å². The van der Waals surface area contributed by atoms with Crippen molar-refractivity contribution in [1.29, 1.82) is 0 Å². The predicted octanol–water partition coefficient (Wildman–Crippen LogP) is 3.47. The van der Waals surface area contributed by atoms with Crippen molar-refractivity contribution >= 4 is 9.84 Å². The van der Waals surface area contributed by atoms with Crippen LogP contribution in [0.5, 0.6) is 11.5 Å². The van der Waals surface area contributed by atoms with Crippen LogP contribution in [0.1, 0.15) is 27.8 Å². The Morgan fingerprint density at radius 3 is 1.86 bits per heavy atom. The van der Waals surface area contributed by atoms with Gasteiger partial charge in [-0.2, -0.15) is 0 Å². The SMILES string of the molecule is Cc1ccc(S(=O)(=O)c2cc(C)c(C)c(O)c2C)c(O)c1C. The summed E-state index contributed by atoms with van der Waals surface area (Å²) in [5.74, 6) is -0.265. The number of rotatable bonds is 2. The molecule has 0 radical (unpaired) electrons. The number of phenolic OH excluding ortho intramolecular Hbond substituents is 2. The number of hydrogen-bond donors (Lipinski definition) is 2. The lowest BCUT2D eigenvalue weighted by Crippen LogP contribution is -2.07. The van der Waals surface area contributed by atoms with Crippen LogP contribution in [0.25, 0.3) is 0 Å². The van der Waals surface area contributed by atoms with Gasteiger partial charge in [-0.15, -0.1) is 0 Å². The standard InChI is InChI=1S/C17H20O4S/c1-9-6-7-14(17(19)11(9)3)22(20,21)15-8-10(2)12(4)16(18)13(15)5/h6-8,18-19H,1-5H3. The zero-order valence-corrected chi connectivity index (χ0v) is 14.2. The van der Waals surface area contributed by atoms with Crippen LogP contribution in [-0.4, -0.2) is 18.6 Å². The van der Waals surface area contributed by atoms with Gasteiger partial charge in [0.15, 0.2) is 0 Å². The second-order valence-corrected chi connectivity index (χ2v) is 7.53. The van der Waals surface area contributed by atoms with Crippen molar-refractivity contribution < 1.29 is 18.6 Å². The highest BCUT2D eigenvalue weighted by Gasteiger charge is 2.27. The smallest absolute Gasteiger partial charge is 0.210 e. The van der Waals surface area contributed by atoms with Crippen LogP contribution in [0, 0.1) is 34.6 Å². The molecular formula is C17H20O4S. The van der Waals surface area contributed by atoms with Crippen molar-refractivity contribution in [3.05, 3.63) is 46.0 Å². The maximum atomic E-state index is 12.9. The van der Waals surface area contributed by atoms with E-state index >= 15 is 0 Å². The number of aromatic hydroxyl groups is 2. The molecule has 0 bridgehead atoms. The predicted molar refractivity (Wildman–Crippen MR) is 85.4 cm³/mol. The molecule has 0 aliphatic rings. The van der Waals surface area contributed by atoms with Gasteiger partial charge in [0.1, 0.15) is 16.4 Å². The van der Waals surface area contributed by atoms with E-state index in [9.17, 15) is 18.6 Å². The first kappa shape index (κ1) is 16.4. The Kier molecular flexibility index (Phi) is 3.96. The van der Waals surface area contributed by atoms with Gasteiger partial charge in [-0.1, -0.05) is 6.07 Å².